The van der Waals surface area contributed by atoms with Crippen LogP contribution < -0.4 is 9.47 Å². The highest BCUT2D eigenvalue weighted by Crippen LogP contribution is 2.33. The van der Waals surface area contributed by atoms with Crippen molar-refractivity contribution in [2.45, 2.75) is 18.8 Å². The van der Waals surface area contributed by atoms with Crippen molar-refractivity contribution in [3.63, 3.8) is 0 Å². The smallest absolute Gasteiger partial charge is 0.338 e. The van der Waals surface area contributed by atoms with Crippen molar-refractivity contribution in [3.05, 3.63) is 23.8 Å². The molecule has 5 heteroatoms. The maximum Gasteiger partial charge on any atom is 0.338 e. The van der Waals surface area contributed by atoms with Crippen molar-refractivity contribution >= 4 is 0 Å². The van der Waals surface area contributed by atoms with Gasteiger partial charge in [0.2, 0.25) is 0 Å². The van der Waals surface area contributed by atoms with Gasteiger partial charge >= 0.3 is 5.97 Å². The molecule has 1 saturated heterocycles. The maximum atomic E-state index is 9.34. The van der Waals surface area contributed by atoms with E-state index in [4.69, 9.17) is 9.47 Å². The second kappa shape index (κ2) is 4.29. The van der Waals surface area contributed by atoms with Gasteiger partial charge in [-0.3, -0.25) is 0 Å². The lowest BCUT2D eigenvalue weighted by Crippen LogP contribution is -2.09. The Hall–Kier alpha value is -1.30. The summed E-state index contributed by atoms with van der Waals surface area (Å²) in [7, 11) is 3.19. The third-order valence-corrected chi connectivity index (χ3v) is 2.48. The molecule has 0 aliphatic carbocycles. The number of aliphatic hydroxyl groups is 1. The van der Waals surface area contributed by atoms with Crippen molar-refractivity contribution in [2.75, 3.05) is 14.2 Å². The summed E-state index contributed by atoms with van der Waals surface area (Å²) >= 11 is 0. The number of ether oxygens (including phenoxy) is 2. The van der Waals surface area contributed by atoms with Gasteiger partial charge in [-0.25, -0.2) is 0 Å². The SMILES string of the molecule is COc1ccc(CCC2(O)OO2)c(OC)c1. The predicted molar refractivity (Wildman–Crippen MR) is 55.0 cm³/mol. The molecule has 0 saturated carbocycles. The molecular formula is C11H14O5. The van der Waals surface area contributed by atoms with E-state index < -0.39 is 5.97 Å². The largest absolute Gasteiger partial charge is 0.497 e. The molecule has 0 amide bonds. The fourth-order valence-corrected chi connectivity index (χ4v) is 1.48. The Bertz CT molecular complexity index is 373. The third kappa shape index (κ3) is 2.44. The van der Waals surface area contributed by atoms with Crippen LogP contribution in [0.25, 0.3) is 0 Å². The van der Waals surface area contributed by atoms with Crippen LogP contribution in [-0.2, 0) is 16.2 Å². The summed E-state index contributed by atoms with van der Waals surface area (Å²) in [6.07, 6.45) is 0.972. The van der Waals surface area contributed by atoms with E-state index in [1.807, 2.05) is 12.1 Å². The van der Waals surface area contributed by atoms with Crippen LogP contribution in [0.15, 0.2) is 18.2 Å². The number of aryl methyl sites for hydroxylation is 1. The van der Waals surface area contributed by atoms with E-state index in [1.165, 1.54) is 0 Å². The predicted octanol–water partition coefficient (Wildman–Crippen LogP) is 1.24. The zero-order valence-electron chi connectivity index (χ0n) is 9.23. The van der Waals surface area contributed by atoms with Crippen LogP contribution in [0.1, 0.15) is 12.0 Å². The van der Waals surface area contributed by atoms with E-state index in [0.29, 0.717) is 12.8 Å². The minimum atomic E-state index is -1.40. The molecule has 1 aromatic rings. The van der Waals surface area contributed by atoms with Crippen molar-refractivity contribution in [1.82, 2.24) is 0 Å². The van der Waals surface area contributed by atoms with Crippen molar-refractivity contribution < 1.29 is 24.4 Å². The van der Waals surface area contributed by atoms with Gasteiger partial charge in [-0.05, 0) is 18.1 Å². The molecule has 1 N–H and O–H groups in total. The minimum Gasteiger partial charge on any atom is -0.497 e. The van der Waals surface area contributed by atoms with E-state index in [2.05, 4.69) is 9.78 Å². The van der Waals surface area contributed by atoms with Crippen molar-refractivity contribution in [3.8, 4) is 11.5 Å². The van der Waals surface area contributed by atoms with E-state index in [9.17, 15) is 5.11 Å². The minimum absolute atomic E-state index is 0.371. The summed E-state index contributed by atoms with van der Waals surface area (Å²) in [6, 6.07) is 5.54. The Labute approximate surface area is 93.4 Å². The monoisotopic (exact) mass is 226 g/mol. The van der Waals surface area contributed by atoms with Gasteiger partial charge in [0.05, 0.1) is 14.2 Å². The highest BCUT2D eigenvalue weighted by atomic mass is 17.4. The average Bonchev–Trinajstić information content (AvgIpc) is 3.05. The van der Waals surface area contributed by atoms with Gasteiger partial charge in [-0.2, -0.15) is 9.78 Å². The molecule has 1 aromatic carbocycles. The summed E-state index contributed by atoms with van der Waals surface area (Å²) in [5.74, 6) is 0.0622. The molecule has 0 aromatic heterocycles. The van der Waals surface area contributed by atoms with Gasteiger partial charge < -0.3 is 14.6 Å². The van der Waals surface area contributed by atoms with Gasteiger partial charge in [0, 0.05) is 12.5 Å². The molecule has 16 heavy (non-hydrogen) atoms. The van der Waals surface area contributed by atoms with Crippen LogP contribution in [0.4, 0.5) is 0 Å². The second-order valence-electron chi connectivity index (χ2n) is 3.56. The maximum absolute atomic E-state index is 9.34. The highest BCUT2D eigenvalue weighted by Gasteiger charge is 2.46. The fraction of sp³-hybridized carbons (Fsp3) is 0.455. The van der Waals surface area contributed by atoms with Crippen molar-refractivity contribution in [2.24, 2.45) is 0 Å². The molecule has 88 valence electrons. The van der Waals surface area contributed by atoms with Crippen LogP contribution in [0.3, 0.4) is 0 Å². The Kier molecular flexibility index (Phi) is 3.00. The highest BCUT2D eigenvalue weighted by molar-refractivity contribution is 5.40. The van der Waals surface area contributed by atoms with Crippen LogP contribution in [0.5, 0.6) is 11.5 Å². The summed E-state index contributed by atoms with van der Waals surface area (Å²) in [6.45, 7) is 0. The van der Waals surface area contributed by atoms with Crippen LogP contribution >= 0.6 is 0 Å². The summed E-state index contributed by atoms with van der Waals surface area (Å²) < 4.78 is 10.3. The molecule has 0 spiro atoms. The Morgan fingerprint density at radius 1 is 1.25 bits per heavy atom. The topological polar surface area (TPSA) is 63.8 Å². The van der Waals surface area contributed by atoms with E-state index in [1.54, 1.807) is 20.3 Å². The molecule has 0 atom stereocenters. The van der Waals surface area contributed by atoms with E-state index in [0.717, 1.165) is 17.1 Å². The summed E-state index contributed by atoms with van der Waals surface area (Å²) in [5, 5.41) is 9.34. The first kappa shape index (κ1) is 11.2. The Morgan fingerprint density at radius 3 is 2.56 bits per heavy atom. The average molecular weight is 226 g/mol. The Balaban J connectivity index is 2.07. The zero-order chi connectivity index (χ0) is 11.6. The number of rotatable bonds is 5. The normalized spacial score (nSPS) is 16.9. The van der Waals surface area contributed by atoms with E-state index in [-0.39, 0.29) is 0 Å². The first-order valence-corrected chi connectivity index (χ1v) is 4.97. The molecular weight excluding hydrogens is 212 g/mol. The van der Waals surface area contributed by atoms with Gasteiger partial charge in [-0.1, -0.05) is 6.07 Å². The van der Waals surface area contributed by atoms with Crippen LogP contribution in [0.2, 0.25) is 0 Å². The quantitative estimate of drug-likeness (QED) is 0.604. The number of benzene rings is 1. The first-order valence-electron chi connectivity index (χ1n) is 4.97. The van der Waals surface area contributed by atoms with Gasteiger partial charge in [0.1, 0.15) is 11.5 Å². The molecule has 1 aliphatic rings. The second-order valence-corrected chi connectivity index (χ2v) is 3.56. The van der Waals surface area contributed by atoms with Crippen LogP contribution in [-0.4, -0.2) is 25.3 Å². The lowest BCUT2D eigenvalue weighted by atomic mass is 10.1. The number of hydrogen-bond acceptors (Lipinski definition) is 5. The first-order chi connectivity index (χ1) is 7.67. The Morgan fingerprint density at radius 2 is 2.00 bits per heavy atom. The fourth-order valence-electron chi connectivity index (χ4n) is 1.48. The molecule has 0 unspecified atom stereocenters. The summed E-state index contributed by atoms with van der Waals surface area (Å²) in [5.41, 5.74) is 0.968. The zero-order valence-corrected chi connectivity index (χ0v) is 9.23. The van der Waals surface area contributed by atoms with Gasteiger partial charge in [0.25, 0.3) is 0 Å². The molecule has 1 aliphatic heterocycles. The lowest BCUT2D eigenvalue weighted by Gasteiger charge is -2.10. The van der Waals surface area contributed by atoms with E-state index >= 15 is 0 Å². The van der Waals surface area contributed by atoms with Gasteiger partial charge in [0.15, 0.2) is 0 Å². The molecule has 0 bridgehead atoms. The standard InChI is InChI=1S/C11H14O5/c1-13-9-4-3-8(10(7-9)14-2)5-6-11(12)15-16-11/h3-4,7,12H,5-6H2,1-2H3. The van der Waals surface area contributed by atoms with Crippen LogP contribution in [0, 0.1) is 0 Å². The molecule has 1 heterocycles. The number of methoxy groups -OCH3 is 2. The summed E-state index contributed by atoms with van der Waals surface area (Å²) in [4.78, 5) is 8.85. The molecule has 0 radical (unpaired) electrons. The molecule has 1 fully saturated rings. The molecule has 2 rings (SSSR count). The van der Waals surface area contributed by atoms with Gasteiger partial charge in [-0.15, -0.1) is 0 Å². The number of hydrogen-bond donors (Lipinski definition) is 1. The lowest BCUT2D eigenvalue weighted by molar-refractivity contribution is 0.0219. The third-order valence-electron chi connectivity index (χ3n) is 2.48. The van der Waals surface area contributed by atoms with Crippen molar-refractivity contribution in [1.29, 1.82) is 0 Å². The molecule has 5 nitrogen and oxygen atoms in total.